The summed E-state index contributed by atoms with van der Waals surface area (Å²) in [5.74, 6) is 2.32. The van der Waals surface area contributed by atoms with Crippen molar-refractivity contribution in [3.8, 4) is 11.5 Å². The van der Waals surface area contributed by atoms with E-state index >= 15 is 0 Å². The molecule has 2 heterocycles. The molecular weight excluding hydrogens is 278 g/mol. The average molecular weight is 305 g/mol. The number of aromatic nitrogens is 5. The maximum absolute atomic E-state index is 5.13. The van der Waals surface area contributed by atoms with Crippen molar-refractivity contribution in [3.05, 3.63) is 17.6 Å². The van der Waals surface area contributed by atoms with Crippen molar-refractivity contribution in [2.45, 2.75) is 46.6 Å². The van der Waals surface area contributed by atoms with Crippen LogP contribution in [0.5, 0.6) is 0 Å². The van der Waals surface area contributed by atoms with Gasteiger partial charge in [0, 0.05) is 27.1 Å². The van der Waals surface area contributed by atoms with Crippen molar-refractivity contribution in [2.24, 2.45) is 13.0 Å². The molecule has 0 unspecified atom stereocenters. The maximum Gasteiger partial charge on any atom is 0.176 e. The lowest BCUT2D eigenvalue weighted by atomic mass is 10.1. The molecule has 0 aliphatic carbocycles. The van der Waals surface area contributed by atoms with Gasteiger partial charge in [0.1, 0.15) is 5.69 Å². The second kappa shape index (κ2) is 7.54. The van der Waals surface area contributed by atoms with Gasteiger partial charge in [-0.15, -0.1) is 0 Å². The van der Waals surface area contributed by atoms with Crippen LogP contribution in [0.4, 0.5) is 0 Å². The fourth-order valence-corrected chi connectivity index (χ4v) is 2.50. The number of hydrogen-bond acceptors (Lipinski definition) is 4. The molecule has 2 rings (SSSR count). The monoisotopic (exact) mass is 305 g/mol. The standard InChI is InChI=1S/C16H27N5O/c1-6-8-21-16(17-15(19-21)7-9-22-5)14-11-13(10-12(2)3)18-20(14)4/h11-12H,6-10H2,1-5H3. The van der Waals surface area contributed by atoms with E-state index in [1.165, 1.54) is 0 Å². The van der Waals surface area contributed by atoms with Gasteiger partial charge in [0.15, 0.2) is 11.6 Å². The Kier molecular flexibility index (Phi) is 5.71. The van der Waals surface area contributed by atoms with Crippen molar-refractivity contribution in [1.82, 2.24) is 24.5 Å². The summed E-state index contributed by atoms with van der Waals surface area (Å²) in [5.41, 5.74) is 2.14. The molecule has 0 N–H and O–H groups in total. The van der Waals surface area contributed by atoms with Crippen LogP contribution in [0.25, 0.3) is 11.5 Å². The average Bonchev–Trinajstić information content (AvgIpc) is 3.00. The Morgan fingerprint density at radius 2 is 2.05 bits per heavy atom. The summed E-state index contributed by atoms with van der Waals surface area (Å²) in [6.45, 7) is 8.06. The normalized spacial score (nSPS) is 11.5. The third-order valence-corrected chi connectivity index (χ3v) is 3.46. The molecule has 0 aromatic carbocycles. The number of hydrogen-bond donors (Lipinski definition) is 0. The summed E-state index contributed by atoms with van der Waals surface area (Å²) in [4.78, 5) is 4.70. The zero-order chi connectivity index (χ0) is 16.1. The lowest BCUT2D eigenvalue weighted by Gasteiger charge is -2.03. The molecule has 0 aliphatic rings. The first-order valence-corrected chi connectivity index (χ1v) is 8.01. The van der Waals surface area contributed by atoms with Gasteiger partial charge in [-0.05, 0) is 24.8 Å². The Bertz CT molecular complexity index is 600. The van der Waals surface area contributed by atoms with Crippen LogP contribution in [-0.4, -0.2) is 38.3 Å². The van der Waals surface area contributed by atoms with Crippen LogP contribution < -0.4 is 0 Å². The molecule has 0 amide bonds. The first-order valence-electron chi connectivity index (χ1n) is 8.01. The molecular formula is C16H27N5O. The van der Waals surface area contributed by atoms with Gasteiger partial charge in [-0.2, -0.15) is 10.2 Å². The highest BCUT2D eigenvalue weighted by Gasteiger charge is 2.16. The van der Waals surface area contributed by atoms with Crippen LogP contribution in [0, 0.1) is 5.92 Å². The molecule has 6 heteroatoms. The first-order chi connectivity index (χ1) is 10.5. The van der Waals surface area contributed by atoms with Crippen LogP contribution in [0.15, 0.2) is 6.07 Å². The molecule has 6 nitrogen and oxygen atoms in total. The van der Waals surface area contributed by atoms with Crippen LogP contribution in [0.2, 0.25) is 0 Å². The van der Waals surface area contributed by atoms with Gasteiger partial charge >= 0.3 is 0 Å². The molecule has 0 radical (unpaired) electrons. The molecule has 2 aromatic rings. The highest BCUT2D eigenvalue weighted by molar-refractivity contribution is 5.50. The molecule has 0 fully saturated rings. The molecule has 0 bridgehead atoms. The second-order valence-corrected chi connectivity index (χ2v) is 6.06. The minimum absolute atomic E-state index is 0.591. The van der Waals surface area contributed by atoms with Gasteiger partial charge in [-0.3, -0.25) is 4.68 Å². The molecule has 2 aromatic heterocycles. The minimum atomic E-state index is 0.591. The van der Waals surface area contributed by atoms with E-state index in [0.717, 1.165) is 48.8 Å². The highest BCUT2D eigenvalue weighted by atomic mass is 16.5. The third-order valence-electron chi connectivity index (χ3n) is 3.46. The van der Waals surface area contributed by atoms with E-state index < -0.39 is 0 Å². The summed E-state index contributed by atoms with van der Waals surface area (Å²) < 4.78 is 9.02. The van der Waals surface area contributed by atoms with Gasteiger partial charge in [-0.25, -0.2) is 9.67 Å². The SMILES string of the molecule is CCCn1nc(CCOC)nc1-c1cc(CC(C)C)nn1C. The fraction of sp³-hybridized carbons (Fsp3) is 0.688. The first kappa shape index (κ1) is 16.7. The molecule has 0 saturated heterocycles. The third kappa shape index (κ3) is 3.94. The molecule has 0 aliphatic heterocycles. The van der Waals surface area contributed by atoms with Crippen LogP contribution in [-0.2, 0) is 31.2 Å². The summed E-state index contributed by atoms with van der Waals surface area (Å²) in [6, 6.07) is 2.14. The van der Waals surface area contributed by atoms with Gasteiger partial charge in [0.25, 0.3) is 0 Å². The van der Waals surface area contributed by atoms with E-state index in [1.54, 1.807) is 7.11 Å². The zero-order valence-electron chi connectivity index (χ0n) is 14.3. The van der Waals surface area contributed by atoms with E-state index in [4.69, 9.17) is 9.72 Å². The van der Waals surface area contributed by atoms with Crippen molar-refractivity contribution < 1.29 is 4.74 Å². The number of nitrogens with zero attached hydrogens (tertiary/aromatic N) is 5. The van der Waals surface area contributed by atoms with Gasteiger partial charge < -0.3 is 4.74 Å². The van der Waals surface area contributed by atoms with Crippen molar-refractivity contribution in [2.75, 3.05) is 13.7 Å². The Balaban J connectivity index is 2.33. The quantitative estimate of drug-likeness (QED) is 0.752. The van der Waals surface area contributed by atoms with Crippen molar-refractivity contribution >= 4 is 0 Å². The van der Waals surface area contributed by atoms with Crippen LogP contribution >= 0.6 is 0 Å². The number of methoxy groups -OCH3 is 1. The van der Waals surface area contributed by atoms with Gasteiger partial charge in [-0.1, -0.05) is 20.8 Å². The lowest BCUT2D eigenvalue weighted by Crippen LogP contribution is -2.05. The molecule has 0 saturated carbocycles. The van der Waals surface area contributed by atoms with E-state index in [-0.39, 0.29) is 0 Å². The Hall–Kier alpha value is -1.69. The predicted molar refractivity (Wildman–Crippen MR) is 86.6 cm³/mol. The number of rotatable bonds is 8. The largest absolute Gasteiger partial charge is 0.384 e. The van der Waals surface area contributed by atoms with E-state index in [9.17, 15) is 0 Å². The summed E-state index contributed by atoms with van der Waals surface area (Å²) in [6.07, 6.45) is 2.74. The minimum Gasteiger partial charge on any atom is -0.384 e. The van der Waals surface area contributed by atoms with Crippen LogP contribution in [0.1, 0.15) is 38.7 Å². The Morgan fingerprint density at radius 1 is 1.27 bits per heavy atom. The summed E-state index contributed by atoms with van der Waals surface area (Å²) in [5, 5.41) is 9.22. The zero-order valence-corrected chi connectivity index (χ0v) is 14.3. The number of aryl methyl sites for hydroxylation is 2. The Labute approximate surface area is 132 Å². The molecule has 122 valence electrons. The summed E-state index contributed by atoms with van der Waals surface area (Å²) >= 11 is 0. The van der Waals surface area contributed by atoms with Gasteiger partial charge in [0.05, 0.1) is 12.3 Å². The van der Waals surface area contributed by atoms with E-state index in [2.05, 4.69) is 37.0 Å². The Morgan fingerprint density at radius 3 is 2.68 bits per heavy atom. The predicted octanol–water partition coefficient (Wildman–Crippen LogP) is 2.48. The van der Waals surface area contributed by atoms with Crippen molar-refractivity contribution in [3.63, 3.8) is 0 Å². The van der Waals surface area contributed by atoms with Crippen molar-refractivity contribution in [1.29, 1.82) is 0 Å². The van der Waals surface area contributed by atoms with E-state index in [0.29, 0.717) is 12.5 Å². The smallest absolute Gasteiger partial charge is 0.176 e. The molecule has 22 heavy (non-hydrogen) atoms. The summed E-state index contributed by atoms with van der Waals surface area (Å²) in [7, 11) is 3.67. The van der Waals surface area contributed by atoms with E-state index in [1.807, 2.05) is 16.4 Å². The maximum atomic E-state index is 5.13. The molecule has 0 spiro atoms. The topological polar surface area (TPSA) is 57.8 Å². The molecule has 0 atom stereocenters. The van der Waals surface area contributed by atoms with Crippen LogP contribution in [0.3, 0.4) is 0 Å². The van der Waals surface area contributed by atoms with Gasteiger partial charge in [0.2, 0.25) is 0 Å². The fourth-order valence-electron chi connectivity index (χ4n) is 2.50. The second-order valence-electron chi connectivity index (χ2n) is 6.06. The number of ether oxygens (including phenoxy) is 1. The highest BCUT2D eigenvalue weighted by Crippen LogP contribution is 2.20. The lowest BCUT2D eigenvalue weighted by molar-refractivity contribution is 0.200.